The predicted molar refractivity (Wildman–Crippen MR) is 86.2 cm³/mol. The van der Waals surface area contributed by atoms with Crippen LogP contribution < -0.4 is 10.5 Å². The summed E-state index contributed by atoms with van der Waals surface area (Å²) in [7, 11) is 0. The lowest BCUT2D eigenvalue weighted by Crippen LogP contribution is -2.15. The van der Waals surface area contributed by atoms with Crippen LogP contribution in [0.15, 0.2) is 42.6 Å². The molecule has 1 aromatic heterocycles. The van der Waals surface area contributed by atoms with Crippen LogP contribution in [0.1, 0.15) is 44.0 Å². The van der Waals surface area contributed by atoms with Crippen LogP contribution in [0.5, 0.6) is 5.75 Å². The van der Waals surface area contributed by atoms with Gasteiger partial charge >= 0.3 is 0 Å². The van der Waals surface area contributed by atoms with E-state index in [0.717, 1.165) is 23.4 Å². The molecule has 0 aliphatic rings. The van der Waals surface area contributed by atoms with Gasteiger partial charge in [-0.25, -0.2) is 0 Å². The smallest absolute Gasteiger partial charge is 0.119 e. The van der Waals surface area contributed by atoms with Gasteiger partial charge < -0.3 is 10.5 Å². The highest BCUT2D eigenvalue weighted by Crippen LogP contribution is 2.28. The third-order valence-electron chi connectivity index (χ3n) is 4.02. The number of pyridine rings is 1. The quantitative estimate of drug-likeness (QED) is 0.877. The van der Waals surface area contributed by atoms with Gasteiger partial charge in [0.15, 0.2) is 0 Å². The summed E-state index contributed by atoms with van der Waals surface area (Å²) in [6.07, 6.45) is 2.89. The second-order valence-corrected chi connectivity index (χ2v) is 5.91. The van der Waals surface area contributed by atoms with Gasteiger partial charge in [-0.15, -0.1) is 0 Å². The Bertz CT molecular complexity index is 576. The van der Waals surface area contributed by atoms with Crippen LogP contribution >= 0.6 is 0 Å². The highest BCUT2D eigenvalue weighted by atomic mass is 16.5. The topological polar surface area (TPSA) is 48.1 Å². The van der Waals surface area contributed by atoms with E-state index in [9.17, 15) is 0 Å². The van der Waals surface area contributed by atoms with Crippen LogP contribution in [0, 0.1) is 0 Å². The largest absolute Gasteiger partial charge is 0.489 e. The number of rotatable bonds is 6. The van der Waals surface area contributed by atoms with E-state index in [0.29, 0.717) is 13.2 Å². The van der Waals surface area contributed by atoms with Crippen molar-refractivity contribution in [2.75, 3.05) is 0 Å². The summed E-state index contributed by atoms with van der Waals surface area (Å²) in [6, 6.07) is 12.3. The number of nitrogens with two attached hydrogens (primary N) is 1. The molecule has 0 saturated carbocycles. The number of nitrogens with zero attached hydrogens (tertiary/aromatic N) is 1. The lowest BCUT2D eigenvalue weighted by molar-refractivity contribution is 0.305. The molecule has 0 unspecified atom stereocenters. The van der Waals surface area contributed by atoms with Gasteiger partial charge in [0.1, 0.15) is 12.4 Å². The van der Waals surface area contributed by atoms with Crippen molar-refractivity contribution >= 4 is 0 Å². The van der Waals surface area contributed by atoms with Crippen molar-refractivity contribution in [3.05, 3.63) is 59.4 Å². The second kappa shape index (κ2) is 6.72. The van der Waals surface area contributed by atoms with Gasteiger partial charge in [-0.05, 0) is 47.2 Å². The molecular formula is C18H24N2O. The number of benzene rings is 1. The van der Waals surface area contributed by atoms with E-state index < -0.39 is 0 Å². The van der Waals surface area contributed by atoms with Crippen LogP contribution in [0.3, 0.4) is 0 Å². The Morgan fingerprint density at radius 1 is 1.14 bits per heavy atom. The summed E-state index contributed by atoms with van der Waals surface area (Å²) >= 11 is 0. The molecule has 3 heteroatoms. The molecule has 0 atom stereocenters. The van der Waals surface area contributed by atoms with E-state index in [1.54, 1.807) is 6.20 Å². The minimum Gasteiger partial charge on any atom is -0.489 e. The summed E-state index contributed by atoms with van der Waals surface area (Å²) in [6.45, 7) is 7.71. The first-order valence-electron chi connectivity index (χ1n) is 7.42. The zero-order valence-electron chi connectivity index (χ0n) is 13.1. The van der Waals surface area contributed by atoms with E-state index >= 15 is 0 Å². The van der Waals surface area contributed by atoms with Crippen molar-refractivity contribution in [2.45, 2.75) is 45.8 Å². The molecule has 0 aliphatic heterocycles. The zero-order chi connectivity index (χ0) is 15.3. The third kappa shape index (κ3) is 4.05. The highest BCUT2D eigenvalue weighted by Gasteiger charge is 2.17. The minimum atomic E-state index is 0.208. The maximum absolute atomic E-state index is 5.82. The molecule has 2 aromatic rings. The Hall–Kier alpha value is -1.87. The first-order valence-corrected chi connectivity index (χ1v) is 7.42. The Morgan fingerprint density at radius 2 is 1.86 bits per heavy atom. The van der Waals surface area contributed by atoms with Crippen LogP contribution in [0.2, 0.25) is 0 Å². The summed E-state index contributed by atoms with van der Waals surface area (Å²) in [5.74, 6) is 0.886. The standard InChI is InChI=1S/C18H24N2O/c1-4-18(2,3)15-5-7-17(8-6-15)21-13-14-9-10-20-16(11-14)12-19/h5-11H,4,12-13,19H2,1-3H3. The molecule has 21 heavy (non-hydrogen) atoms. The van der Waals surface area contributed by atoms with E-state index in [2.05, 4.69) is 37.9 Å². The Morgan fingerprint density at radius 3 is 2.48 bits per heavy atom. The monoisotopic (exact) mass is 284 g/mol. The first kappa shape index (κ1) is 15.5. The molecule has 112 valence electrons. The summed E-state index contributed by atoms with van der Waals surface area (Å²) in [5.41, 5.74) is 9.11. The number of ether oxygens (including phenoxy) is 1. The molecule has 0 aliphatic carbocycles. The molecule has 0 fully saturated rings. The normalized spacial score (nSPS) is 11.4. The maximum Gasteiger partial charge on any atom is 0.119 e. The van der Waals surface area contributed by atoms with Crippen LogP contribution in [0.25, 0.3) is 0 Å². The van der Waals surface area contributed by atoms with Gasteiger partial charge in [0.05, 0.1) is 5.69 Å². The first-order chi connectivity index (χ1) is 10.0. The summed E-state index contributed by atoms with van der Waals surface area (Å²) in [5, 5.41) is 0. The summed E-state index contributed by atoms with van der Waals surface area (Å²) < 4.78 is 5.82. The van der Waals surface area contributed by atoms with Crippen LogP contribution in [-0.4, -0.2) is 4.98 Å². The predicted octanol–water partition coefficient (Wildman–Crippen LogP) is 3.81. The fraction of sp³-hybridized carbons (Fsp3) is 0.389. The van der Waals surface area contributed by atoms with Crippen LogP contribution in [-0.2, 0) is 18.6 Å². The summed E-state index contributed by atoms with van der Waals surface area (Å²) in [4.78, 5) is 4.18. The fourth-order valence-electron chi connectivity index (χ4n) is 2.10. The van der Waals surface area contributed by atoms with Crippen molar-refractivity contribution in [1.29, 1.82) is 0 Å². The van der Waals surface area contributed by atoms with Gasteiger partial charge in [-0.1, -0.05) is 32.9 Å². The average Bonchev–Trinajstić information content (AvgIpc) is 2.53. The number of hydrogen-bond acceptors (Lipinski definition) is 3. The molecule has 3 nitrogen and oxygen atoms in total. The average molecular weight is 284 g/mol. The lowest BCUT2D eigenvalue weighted by Gasteiger charge is -2.23. The molecule has 0 saturated heterocycles. The Balaban J connectivity index is 2.00. The van der Waals surface area contributed by atoms with Crippen molar-refractivity contribution in [1.82, 2.24) is 4.98 Å². The Labute approximate surface area is 127 Å². The van der Waals surface area contributed by atoms with Gasteiger partial charge in [0.2, 0.25) is 0 Å². The fourth-order valence-corrected chi connectivity index (χ4v) is 2.10. The molecule has 1 heterocycles. The second-order valence-electron chi connectivity index (χ2n) is 5.91. The van der Waals surface area contributed by atoms with Crippen molar-refractivity contribution in [2.24, 2.45) is 5.73 Å². The molecular weight excluding hydrogens is 260 g/mol. The van der Waals surface area contributed by atoms with Gasteiger partial charge in [0, 0.05) is 12.7 Å². The minimum absolute atomic E-state index is 0.208. The van der Waals surface area contributed by atoms with Gasteiger partial charge in [-0.2, -0.15) is 0 Å². The van der Waals surface area contributed by atoms with E-state index in [1.807, 2.05) is 24.3 Å². The molecule has 0 spiro atoms. The van der Waals surface area contributed by atoms with Gasteiger partial charge in [0.25, 0.3) is 0 Å². The van der Waals surface area contributed by atoms with Gasteiger partial charge in [-0.3, -0.25) is 4.98 Å². The van der Waals surface area contributed by atoms with E-state index in [1.165, 1.54) is 5.56 Å². The molecule has 0 bridgehead atoms. The van der Waals surface area contributed by atoms with Crippen molar-refractivity contribution in [3.8, 4) is 5.75 Å². The third-order valence-corrected chi connectivity index (χ3v) is 4.02. The van der Waals surface area contributed by atoms with E-state index in [4.69, 9.17) is 10.5 Å². The Kier molecular flexibility index (Phi) is 4.97. The molecule has 0 amide bonds. The van der Waals surface area contributed by atoms with Crippen molar-refractivity contribution < 1.29 is 4.74 Å². The SMILES string of the molecule is CCC(C)(C)c1ccc(OCc2ccnc(CN)c2)cc1. The van der Waals surface area contributed by atoms with Crippen molar-refractivity contribution in [3.63, 3.8) is 0 Å². The zero-order valence-corrected chi connectivity index (χ0v) is 13.1. The van der Waals surface area contributed by atoms with Crippen LogP contribution in [0.4, 0.5) is 0 Å². The van der Waals surface area contributed by atoms with E-state index in [-0.39, 0.29) is 5.41 Å². The maximum atomic E-state index is 5.82. The highest BCUT2D eigenvalue weighted by molar-refractivity contribution is 5.31. The molecule has 2 N–H and O–H groups in total. The number of hydrogen-bond donors (Lipinski definition) is 1. The lowest BCUT2D eigenvalue weighted by atomic mass is 9.82. The number of aromatic nitrogens is 1. The molecule has 0 radical (unpaired) electrons. The molecule has 2 rings (SSSR count). The molecule has 1 aromatic carbocycles.